The first-order valence-electron chi connectivity index (χ1n) is 7.18. The first-order valence-corrected chi connectivity index (χ1v) is 8.00. The molecule has 0 aromatic carbocycles. The number of thiazole rings is 1. The number of carbonyl (C=O) groups is 1. The fraction of sp³-hybridized carbons (Fsp3) is 0.643. The van der Waals surface area contributed by atoms with Crippen LogP contribution in [0, 0.1) is 6.92 Å². The number of aryl methyl sites for hydroxylation is 1. The van der Waals surface area contributed by atoms with Crippen LogP contribution in [0.5, 0.6) is 0 Å². The molecule has 2 heterocycles. The number of unbranched alkanes of at least 4 members (excludes halogenated alkanes) is 2. The maximum absolute atomic E-state index is 12.2. The number of hydrogen-bond acceptors (Lipinski definition) is 4. The fourth-order valence-corrected chi connectivity index (χ4v) is 3.16. The molecule has 0 aliphatic carbocycles. The Morgan fingerprint density at radius 2 is 2.10 bits per heavy atom. The predicted octanol–water partition coefficient (Wildman–Crippen LogP) is 3.14. The van der Waals surface area contributed by atoms with Gasteiger partial charge in [-0.05, 0) is 13.3 Å². The molecular weight excluding hydrogens is 272 g/mol. The molecule has 0 aliphatic heterocycles. The molecule has 5 nitrogen and oxygen atoms in total. The Morgan fingerprint density at radius 3 is 2.75 bits per heavy atom. The number of fused-ring (bicyclic) bond motifs is 1. The molecule has 0 spiro atoms. The minimum atomic E-state index is 0.00353. The summed E-state index contributed by atoms with van der Waals surface area (Å²) in [6.07, 6.45) is 3.34. The van der Waals surface area contributed by atoms with Crippen LogP contribution in [-0.4, -0.2) is 27.0 Å². The van der Waals surface area contributed by atoms with Crippen molar-refractivity contribution in [1.29, 1.82) is 0 Å². The van der Waals surface area contributed by atoms with Crippen molar-refractivity contribution in [2.75, 3.05) is 6.54 Å². The van der Waals surface area contributed by atoms with E-state index in [2.05, 4.69) is 36.3 Å². The summed E-state index contributed by atoms with van der Waals surface area (Å²) in [6, 6.07) is 0. The van der Waals surface area contributed by atoms with E-state index < -0.39 is 0 Å². The highest BCUT2D eigenvalue weighted by Gasteiger charge is 2.20. The Labute approximate surface area is 123 Å². The van der Waals surface area contributed by atoms with Gasteiger partial charge in [0, 0.05) is 18.2 Å². The quantitative estimate of drug-likeness (QED) is 0.833. The van der Waals surface area contributed by atoms with E-state index in [-0.39, 0.29) is 5.91 Å². The molecule has 2 aromatic rings. The van der Waals surface area contributed by atoms with Gasteiger partial charge >= 0.3 is 0 Å². The normalized spacial score (nSPS) is 11.4. The maximum atomic E-state index is 12.2. The van der Waals surface area contributed by atoms with Gasteiger partial charge in [0.05, 0.1) is 0 Å². The lowest BCUT2D eigenvalue weighted by Crippen LogP contribution is -2.24. The number of rotatable bonds is 6. The van der Waals surface area contributed by atoms with Crippen LogP contribution in [0.25, 0.3) is 4.96 Å². The van der Waals surface area contributed by atoms with Crippen molar-refractivity contribution in [2.45, 2.75) is 52.9 Å². The van der Waals surface area contributed by atoms with E-state index in [0.29, 0.717) is 5.92 Å². The van der Waals surface area contributed by atoms with Gasteiger partial charge in [-0.15, -0.1) is 10.2 Å². The molecule has 110 valence electrons. The van der Waals surface area contributed by atoms with E-state index in [4.69, 9.17) is 0 Å². The number of aromatic nitrogens is 3. The number of nitrogens with one attached hydrogen (secondary N) is 1. The summed E-state index contributed by atoms with van der Waals surface area (Å²) in [5, 5.41) is 11.3. The molecule has 0 bridgehead atoms. The smallest absolute Gasteiger partial charge is 0.263 e. The van der Waals surface area contributed by atoms with Crippen molar-refractivity contribution in [2.24, 2.45) is 0 Å². The van der Waals surface area contributed by atoms with Gasteiger partial charge in [0.15, 0.2) is 0 Å². The van der Waals surface area contributed by atoms with E-state index in [1.807, 2.05) is 11.3 Å². The van der Waals surface area contributed by atoms with Crippen molar-refractivity contribution in [3.63, 3.8) is 0 Å². The van der Waals surface area contributed by atoms with Gasteiger partial charge in [-0.1, -0.05) is 44.9 Å². The zero-order valence-corrected chi connectivity index (χ0v) is 13.4. The standard InChI is InChI=1S/C14H22N4OS/c1-5-6-7-8-15-13(19)11-10(4)18-12(9(2)3)16-17-14(18)20-11/h9H,5-8H2,1-4H3,(H,15,19). The average Bonchev–Trinajstić information content (AvgIpc) is 2.95. The van der Waals surface area contributed by atoms with E-state index in [9.17, 15) is 4.79 Å². The van der Waals surface area contributed by atoms with Crippen LogP contribution in [-0.2, 0) is 0 Å². The summed E-state index contributed by atoms with van der Waals surface area (Å²) >= 11 is 1.41. The Hall–Kier alpha value is -1.43. The minimum absolute atomic E-state index is 0.00353. The van der Waals surface area contributed by atoms with Crippen LogP contribution in [0.4, 0.5) is 0 Å². The lowest BCUT2D eigenvalue weighted by molar-refractivity contribution is 0.0956. The predicted molar refractivity (Wildman–Crippen MR) is 81.5 cm³/mol. The monoisotopic (exact) mass is 294 g/mol. The molecule has 2 aromatic heterocycles. The lowest BCUT2D eigenvalue weighted by atomic mass is 10.2. The number of amides is 1. The molecule has 0 radical (unpaired) electrons. The van der Waals surface area contributed by atoms with Crippen LogP contribution in [0.3, 0.4) is 0 Å². The molecule has 0 saturated heterocycles. The van der Waals surface area contributed by atoms with Crippen LogP contribution in [0.15, 0.2) is 0 Å². The number of carbonyl (C=O) groups excluding carboxylic acids is 1. The topological polar surface area (TPSA) is 59.3 Å². The average molecular weight is 294 g/mol. The second-order valence-electron chi connectivity index (χ2n) is 5.31. The lowest BCUT2D eigenvalue weighted by Gasteiger charge is -2.05. The highest BCUT2D eigenvalue weighted by Crippen LogP contribution is 2.25. The second-order valence-corrected chi connectivity index (χ2v) is 6.29. The molecule has 0 aliphatic rings. The summed E-state index contributed by atoms with van der Waals surface area (Å²) in [5.74, 6) is 1.21. The SMILES string of the molecule is CCCCCNC(=O)c1sc2nnc(C(C)C)n2c1C. The number of nitrogens with zero attached hydrogens (tertiary/aromatic N) is 3. The summed E-state index contributed by atoms with van der Waals surface area (Å²) in [5.41, 5.74) is 0.937. The molecule has 2 rings (SSSR count). The van der Waals surface area contributed by atoms with Gasteiger partial charge in [-0.25, -0.2) is 0 Å². The Bertz CT molecular complexity index is 600. The van der Waals surface area contributed by atoms with Crippen LogP contribution >= 0.6 is 11.3 Å². The largest absolute Gasteiger partial charge is 0.351 e. The Kier molecular flexibility index (Phi) is 4.75. The van der Waals surface area contributed by atoms with Gasteiger partial charge in [0.2, 0.25) is 4.96 Å². The van der Waals surface area contributed by atoms with Crippen molar-refractivity contribution < 1.29 is 4.79 Å². The summed E-state index contributed by atoms with van der Waals surface area (Å²) in [6.45, 7) is 9.01. The summed E-state index contributed by atoms with van der Waals surface area (Å²) in [4.78, 5) is 13.8. The van der Waals surface area contributed by atoms with Crippen molar-refractivity contribution in [1.82, 2.24) is 19.9 Å². The molecule has 0 saturated carbocycles. The van der Waals surface area contributed by atoms with Crippen LogP contribution in [0.2, 0.25) is 0 Å². The van der Waals surface area contributed by atoms with E-state index in [1.54, 1.807) is 0 Å². The van der Waals surface area contributed by atoms with Gasteiger partial charge in [-0.2, -0.15) is 0 Å². The zero-order valence-electron chi connectivity index (χ0n) is 12.6. The van der Waals surface area contributed by atoms with E-state index in [0.717, 1.165) is 47.2 Å². The Balaban J connectivity index is 2.18. The van der Waals surface area contributed by atoms with Gasteiger partial charge in [0.1, 0.15) is 10.7 Å². The van der Waals surface area contributed by atoms with Crippen molar-refractivity contribution >= 4 is 22.2 Å². The molecule has 6 heteroatoms. The summed E-state index contributed by atoms with van der Waals surface area (Å²) in [7, 11) is 0. The molecule has 0 unspecified atom stereocenters. The third-order valence-corrected chi connectivity index (χ3v) is 4.44. The zero-order chi connectivity index (χ0) is 14.7. The molecule has 0 fully saturated rings. The highest BCUT2D eigenvalue weighted by atomic mass is 32.1. The highest BCUT2D eigenvalue weighted by molar-refractivity contribution is 7.19. The van der Waals surface area contributed by atoms with Gasteiger partial charge < -0.3 is 5.32 Å². The van der Waals surface area contributed by atoms with Crippen LogP contribution < -0.4 is 5.32 Å². The fourth-order valence-electron chi connectivity index (χ4n) is 2.17. The molecule has 20 heavy (non-hydrogen) atoms. The van der Waals surface area contributed by atoms with Crippen molar-refractivity contribution in [3.05, 3.63) is 16.4 Å². The molecule has 1 amide bonds. The first kappa shape index (κ1) is 15.0. The molecule has 1 N–H and O–H groups in total. The Morgan fingerprint density at radius 1 is 1.35 bits per heavy atom. The summed E-state index contributed by atoms with van der Waals surface area (Å²) < 4.78 is 2.00. The molecule has 0 atom stereocenters. The van der Waals surface area contributed by atoms with E-state index >= 15 is 0 Å². The maximum Gasteiger partial charge on any atom is 0.263 e. The van der Waals surface area contributed by atoms with Gasteiger partial charge in [0.25, 0.3) is 5.91 Å². The molecular formula is C14H22N4OS. The van der Waals surface area contributed by atoms with Crippen LogP contribution in [0.1, 0.15) is 67.1 Å². The third-order valence-electron chi connectivity index (χ3n) is 3.30. The van der Waals surface area contributed by atoms with E-state index in [1.165, 1.54) is 11.3 Å². The number of hydrogen-bond donors (Lipinski definition) is 1. The first-order chi connectivity index (χ1) is 9.56. The second kappa shape index (κ2) is 6.35. The third kappa shape index (κ3) is 2.85. The van der Waals surface area contributed by atoms with Gasteiger partial charge in [-0.3, -0.25) is 9.20 Å². The van der Waals surface area contributed by atoms with Crippen molar-refractivity contribution in [3.8, 4) is 0 Å². The minimum Gasteiger partial charge on any atom is -0.351 e.